The first-order valence-electron chi connectivity index (χ1n) is 10.9. The summed E-state index contributed by atoms with van der Waals surface area (Å²) in [7, 11) is 0. The Morgan fingerprint density at radius 1 is 0.406 bits per heavy atom. The number of aliphatic hydroxyl groups is 1. The van der Waals surface area contributed by atoms with Gasteiger partial charge in [-0.2, -0.15) is 0 Å². The molecule has 1 nitrogen and oxygen atoms in total. The lowest BCUT2D eigenvalue weighted by Gasteiger charge is -2.26. The molecule has 5 aromatic carbocycles. The zero-order valence-corrected chi connectivity index (χ0v) is 17.6. The topological polar surface area (TPSA) is 20.2 Å². The van der Waals surface area contributed by atoms with Gasteiger partial charge in [-0.3, -0.25) is 0 Å². The summed E-state index contributed by atoms with van der Waals surface area (Å²) >= 11 is 0. The van der Waals surface area contributed by atoms with Crippen LogP contribution in [0.25, 0.3) is 33.4 Å². The Bertz CT molecular complexity index is 1310. The molecule has 1 aliphatic carbocycles. The maximum absolute atomic E-state index is 12.2. The predicted molar refractivity (Wildman–Crippen MR) is 131 cm³/mol. The lowest BCUT2D eigenvalue weighted by atomic mass is 9.83. The fourth-order valence-electron chi connectivity index (χ4n) is 4.92. The molecule has 5 aromatic rings. The van der Waals surface area contributed by atoms with Gasteiger partial charge in [0, 0.05) is 11.1 Å². The van der Waals surface area contributed by atoms with Gasteiger partial charge >= 0.3 is 0 Å². The molecule has 6 rings (SSSR count). The van der Waals surface area contributed by atoms with Crippen LogP contribution in [0.5, 0.6) is 0 Å². The van der Waals surface area contributed by atoms with Gasteiger partial charge in [0.15, 0.2) is 0 Å². The second kappa shape index (κ2) is 7.33. The number of benzene rings is 5. The molecule has 0 fully saturated rings. The minimum atomic E-state index is -1.17. The van der Waals surface area contributed by atoms with Crippen LogP contribution in [0.1, 0.15) is 16.7 Å². The van der Waals surface area contributed by atoms with Crippen LogP contribution in [0.3, 0.4) is 0 Å². The summed E-state index contributed by atoms with van der Waals surface area (Å²) in [5, 5.41) is 12.2. The lowest BCUT2D eigenvalue weighted by Crippen LogP contribution is -2.26. The molecule has 152 valence electrons. The molecule has 0 bridgehead atoms. The fourth-order valence-corrected chi connectivity index (χ4v) is 4.92. The van der Waals surface area contributed by atoms with Crippen LogP contribution in [0.2, 0.25) is 0 Å². The Labute approximate surface area is 188 Å². The van der Waals surface area contributed by atoms with Gasteiger partial charge in [0.2, 0.25) is 0 Å². The molecule has 1 N–H and O–H groups in total. The monoisotopic (exact) mass is 410 g/mol. The Kier molecular flexibility index (Phi) is 4.31. The van der Waals surface area contributed by atoms with Crippen LogP contribution in [0.15, 0.2) is 127 Å². The second-order valence-electron chi connectivity index (χ2n) is 8.33. The number of rotatable bonds is 3. The molecule has 0 saturated heterocycles. The largest absolute Gasteiger partial charge is 0.376 e. The van der Waals surface area contributed by atoms with Crippen molar-refractivity contribution in [1.29, 1.82) is 0 Å². The smallest absolute Gasteiger partial charge is 0.141 e. The molecule has 32 heavy (non-hydrogen) atoms. The zero-order chi connectivity index (χ0) is 21.5. The van der Waals surface area contributed by atoms with Gasteiger partial charge in [0.05, 0.1) is 0 Å². The van der Waals surface area contributed by atoms with Gasteiger partial charge in [-0.05, 0) is 51.1 Å². The molecular formula is C31H22O. The summed E-state index contributed by atoms with van der Waals surface area (Å²) in [5.41, 5.74) is 8.41. The Hall–Kier alpha value is -3.94. The molecule has 0 aliphatic heterocycles. The summed E-state index contributed by atoms with van der Waals surface area (Å²) in [6.07, 6.45) is 0. The number of fused-ring (bicyclic) bond motifs is 3. The van der Waals surface area contributed by atoms with Gasteiger partial charge in [-0.25, -0.2) is 0 Å². The normalized spacial score (nSPS) is 13.4. The van der Waals surface area contributed by atoms with Crippen molar-refractivity contribution in [3.8, 4) is 33.4 Å². The minimum absolute atomic E-state index is 0.889. The van der Waals surface area contributed by atoms with Crippen LogP contribution in [-0.2, 0) is 5.60 Å². The fraction of sp³-hybridized carbons (Fsp3) is 0.0323. The number of hydrogen-bond acceptors (Lipinski definition) is 1. The van der Waals surface area contributed by atoms with E-state index in [1.807, 2.05) is 42.5 Å². The highest BCUT2D eigenvalue weighted by Crippen LogP contribution is 2.52. The first-order chi connectivity index (χ1) is 15.7. The molecule has 0 unspecified atom stereocenters. The van der Waals surface area contributed by atoms with Gasteiger partial charge < -0.3 is 5.11 Å². The average molecular weight is 411 g/mol. The van der Waals surface area contributed by atoms with Crippen molar-refractivity contribution >= 4 is 0 Å². The maximum atomic E-state index is 12.2. The van der Waals surface area contributed by atoms with Crippen molar-refractivity contribution < 1.29 is 5.11 Å². The van der Waals surface area contributed by atoms with Crippen molar-refractivity contribution in [2.45, 2.75) is 5.60 Å². The van der Waals surface area contributed by atoms with Crippen molar-refractivity contribution in [3.63, 3.8) is 0 Å². The molecule has 0 radical (unpaired) electrons. The zero-order valence-electron chi connectivity index (χ0n) is 17.6. The molecule has 0 amide bonds. The van der Waals surface area contributed by atoms with Crippen molar-refractivity contribution in [1.82, 2.24) is 0 Å². The molecule has 0 spiro atoms. The summed E-state index contributed by atoms with van der Waals surface area (Å²) in [5.74, 6) is 0. The highest BCUT2D eigenvalue weighted by molar-refractivity contribution is 5.88. The quantitative estimate of drug-likeness (QED) is 0.331. The first-order valence-corrected chi connectivity index (χ1v) is 10.9. The summed E-state index contributed by atoms with van der Waals surface area (Å²) in [4.78, 5) is 0. The van der Waals surface area contributed by atoms with E-state index < -0.39 is 5.60 Å². The molecule has 1 aliphatic rings. The predicted octanol–water partition coefficient (Wildman–Crippen LogP) is 7.29. The van der Waals surface area contributed by atoms with Crippen LogP contribution >= 0.6 is 0 Å². The number of hydrogen-bond donors (Lipinski definition) is 1. The van der Waals surface area contributed by atoms with E-state index in [1.165, 1.54) is 11.1 Å². The van der Waals surface area contributed by atoms with E-state index in [9.17, 15) is 5.11 Å². The Morgan fingerprint density at radius 3 is 1.25 bits per heavy atom. The summed E-state index contributed by atoms with van der Waals surface area (Å²) in [6, 6.07) is 43.7. The molecule has 0 heterocycles. The van der Waals surface area contributed by atoms with Gasteiger partial charge in [0.25, 0.3) is 0 Å². The molecule has 0 saturated carbocycles. The summed E-state index contributed by atoms with van der Waals surface area (Å²) in [6.45, 7) is 0. The van der Waals surface area contributed by atoms with E-state index >= 15 is 0 Å². The van der Waals surface area contributed by atoms with Crippen molar-refractivity contribution in [2.24, 2.45) is 0 Å². The third-order valence-corrected chi connectivity index (χ3v) is 6.51. The van der Waals surface area contributed by atoms with E-state index in [0.29, 0.717) is 0 Å². The Balaban J connectivity index is 1.61. The van der Waals surface area contributed by atoms with E-state index in [0.717, 1.165) is 38.9 Å². The Morgan fingerprint density at radius 2 is 0.812 bits per heavy atom. The van der Waals surface area contributed by atoms with Gasteiger partial charge in [-0.15, -0.1) is 0 Å². The van der Waals surface area contributed by atoms with Crippen LogP contribution < -0.4 is 0 Å². The van der Waals surface area contributed by atoms with E-state index in [2.05, 4.69) is 84.9 Å². The third-order valence-electron chi connectivity index (χ3n) is 6.51. The summed E-state index contributed by atoms with van der Waals surface area (Å²) < 4.78 is 0. The SMILES string of the molecule is OC1(c2ccccc2)c2ccc(-c3ccccc3)cc2-c2cc(-c3ccccc3)ccc21. The van der Waals surface area contributed by atoms with E-state index in [4.69, 9.17) is 0 Å². The lowest BCUT2D eigenvalue weighted by molar-refractivity contribution is 0.131. The van der Waals surface area contributed by atoms with Crippen LogP contribution in [0, 0.1) is 0 Å². The van der Waals surface area contributed by atoms with Gasteiger partial charge in [0.1, 0.15) is 5.60 Å². The van der Waals surface area contributed by atoms with E-state index in [1.54, 1.807) is 0 Å². The van der Waals surface area contributed by atoms with Gasteiger partial charge in [-0.1, -0.05) is 115 Å². The second-order valence-corrected chi connectivity index (χ2v) is 8.33. The highest BCUT2D eigenvalue weighted by atomic mass is 16.3. The third kappa shape index (κ3) is 2.83. The minimum Gasteiger partial charge on any atom is -0.376 e. The molecule has 0 atom stereocenters. The van der Waals surface area contributed by atoms with Crippen molar-refractivity contribution in [3.05, 3.63) is 144 Å². The molecule has 0 aromatic heterocycles. The highest BCUT2D eigenvalue weighted by Gasteiger charge is 2.43. The first kappa shape index (κ1) is 18.8. The average Bonchev–Trinajstić information content (AvgIpc) is 3.14. The van der Waals surface area contributed by atoms with Crippen molar-refractivity contribution in [2.75, 3.05) is 0 Å². The van der Waals surface area contributed by atoms with Crippen LogP contribution in [0.4, 0.5) is 0 Å². The molecule has 1 heteroatoms. The standard InChI is InChI=1S/C31H22O/c32-31(26-14-8-3-9-15-26)29-18-16-24(22-10-4-1-5-11-22)20-27(29)28-21-25(17-19-30(28)31)23-12-6-2-7-13-23/h1-21,32H. The van der Waals surface area contributed by atoms with E-state index in [-0.39, 0.29) is 0 Å². The van der Waals surface area contributed by atoms with Crippen LogP contribution in [-0.4, -0.2) is 5.11 Å². The molecular weight excluding hydrogens is 388 g/mol. The maximum Gasteiger partial charge on any atom is 0.141 e.